The van der Waals surface area contributed by atoms with E-state index in [0.717, 1.165) is 19.4 Å². The number of carbonyl (C=O) groups excluding carboxylic acids is 1. The fourth-order valence-electron chi connectivity index (χ4n) is 2.56. The fourth-order valence-corrected chi connectivity index (χ4v) is 3.73. The highest BCUT2D eigenvalue weighted by atomic mass is 35.5. The first-order valence-electron chi connectivity index (χ1n) is 7.38. The molecule has 0 aliphatic heterocycles. The monoisotopic (exact) mass is 327 g/mol. The van der Waals surface area contributed by atoms with Gasteiger partial charge in [-0.1, -0.05) is 24.9 Å². The van der Waals surface area contributed by atoms with Crippen molar-refractivity contribution in [3.8, 4) is 0 Å². The topological polar surface area (TPSA) is 54.0 Å². The van der Waals surface area contributed by atoms with Crippen LogP contribution in [0.4, 0.5) is 5.82 Å². The molecular formula is C15H22ClN3OS. The van der Waals surface area contributed by atoms with Gasteiger partial charge in [-0.15, -0.1) is 0 Å². The van der Waals surface area contributed by atoms with Gasteiger partial charge in [0.2, 0.25) is 0 Å². The first kappa shape index (κ1) is 16.4. The number of rotatable bonds is 6. The molecule has 1 aliphatic rings. The summed E-state index contributed by atoms with van der Waals surface area (Å²) in [5, 5.41) is 7.25. The van der Waals surface area contributed by atoms with Crippen LogP contribution in [-0.4, -0.2) is 35.0 Å². The van der Waals surface area contributed by atoms with Crippen molar-refractivity contribution in [3.63, 3.8) is 0 Å². The lowest BCUT2D eigenvalue weighted by Crippen LogP contribution is -2.38. The van der Waals surface area contributed by atoms with Gasteiger partial charge in [0.25, 0.3) is 5.91 Å². The maximum Gasteiger partial charge on any atom is 0.253 e. The molecule has 21 heavy (non-hydrogen) atoms. The summed E-state index contributed by atoms with van der Waals surface area (Å²) >= 11 is 8.00. The van der Waals surface area contributed by atoms with E-state index in [9.17, 15) is 4.79 Å². The number of hydrogen-bond acceptors (Lipinski definition) is 4. The molecule has 1 aromatic rings. The molecule has 2 rings (SSSR count). The summed E-state index contributed by atoms with van der Waals surface area (Å²) in [6.45, 7) is 2.89. The van der Waals surface area contributed by atoms with Gasteiger partial charge < -0.3 is 10.6 Å². The third kappa shape index (κ3) is 4.27. The van der Waals surface area contributed by atoms with Gasteiger partial charge in [-0.05, 0) is 31.6 Å². The molecule has 0 saturated heterocycles. The van der Waals surface area contributed by atoms with E-state index in [1.54, 1.807) is 12.3 Å². The predicted molar refractivity (Wildman–Crippen MR) is 90.4 cm³/mol. The smallest absolute Gasteiger partial charge is 0.253 e. The Morgan fingerprint density at radius 3 is 3.00 bits per heavy atom. The molecule has 0 aromatic carbocycles. The van der Waals surface area contributed by atoms with E-state index in [0.29, 0.717) is 21.7 Å². The number of nitrogens with zero attached hydrogens (tertiary/aromatic N) is 1. The van der Waals surface area contributed by atoms with Gasteiger partial charge >= 0.3 is 0 Å². The number of thioether (sulfide) groups is 1. The van der Waals surface area contributed by atoms with E-state index >= 15 is 0 Å². The predicted octanol–water partition coefficient (Wildman–Crippen LogP) is 3.57. The second-order valence-corrected chi connectivity index (χ2v) is 6.75. The lowest BCUT2D eigenvalue weighted by atomic mass is 10.2. The second-order valence-electron chi connectivity index (χ2n) is 5.27. The minimum Gasteiger partial charge on any atom is -0.369 e. The molecule has 2 unspecified atom stereocenters. The Morgan fingerprint density at radius 1 is 1.52 bits per heavy atom. The summed E-state index contributed by atoms with van der Waals surface area (Å²) in [5.41, 5.74) is 0.522. The van der Waals surface area contributed by atoms with Crippen LogP contribution in [0.5, 0.6) is 0 Å². The maximum absolute atomic E-state index is 12.3. The fraction of sp³-hybridized carbons (Fsp3) is 0.600. The molecule has 0 radical (unpaired) electrons. The van der Waals surface area contributed by atoms with Gasteiger partial charge in [0.05, 0.1) is 10.6 Å². The summed E-state index contributed by atoms with van der Waals surface area (Å²) in [6.07, 6.45) is 8.08. The van der Waals surface area contributed by atoms with Crippen molar-refractivity contribution < 1.29 is 4.79 Å². The zero-order valence-corrected chi connectivity index (χ0v) is 14.1. The molecule has 0 spiro atoms. The third-order valence-corrected chi connectivity index (χ3v) is 5.18. The molecule has 2 N–H and O–H groups in total. The molecule has 4 nitrogen and oxygen atoms in total. The molecule has 1 aliphatic carbocycles. The Labute approximate surface area is 135 Å². The molecule has 6 heteroatoms. The number of aromatic nitrogens is 1. The number of amides is 1. The third-order valence-electron chi connectivity index (χ3n) is 3.72. The molecule has 1 saturated carbocycles. The summed E-state index contributed by atoms with van der Waals surface area (Å²) < 4.78 is 0. The largest absolute Gasteiger partial charge is 0.369 e. The lowest BCUT2D eigenvalue weighted by Gasteiger charge is -2.19. The van der Waals surface area contributed by atoms with Crippen molar-refractivity contribution in [2.24, 2.45) is 0 Å². The standard InChI is InChI=1S/C15H22ClN3OS/c1-3-7-17-14-11(16)8-10(9-18-14)15(20)19-12-5-4-6-13(12)21-2/h8-9,12-13H,3-7H2,1-2H3,(H,17,18)(H,19,20). The Hall–Kier alpha value is -0.940. The van der Waals surface area contributed by atoms with Gasteiger partial charge in [-0.25, -0.2) is 4.98 Å². The number of anilines is 1. The van der Waals surface area contributed by atoms with Gasteiger partial charge in [0, 0.05) is 24.0 Å². The molecule has 1 fully saturated rings. The Morgan fingerprint density at radius 2 is 2.33 bits per heavy atom. The maximum atomic E-state index is 12.3. The van der Waals surface area contributed by atoms with Crippen LogP contribution in [0, 0.1) is 0 Å². The van der Waals surface area contributed by atoms with Crippen LogP contribution >= 0.6 is 23.4 Å². The van der Waals surface area contributed by atoms with Crippen molar-refractivity contribution in [1.29, 1.82) is 0 Å². The van der Waals surface area contributed by atoms with Crippen LogP contribution < -0.4 is 10.6 Å². The molecule has 1 aromatic heterocycles. The molecule has 1 amide bonds. The first-order valence-corrected chi connectivity index (χ1v) is 9.05. The molecular weight excluding hydrogens is 306 g/mol. The van der Waals surface area contributed by atoms with Crippen LogP contribution in [0.2, 0.25) is 5.02 Å². The quantitative estimate of drug-likeness (QED) is 0.838. The van der Waals surface area contributed by atoms with Gasteiger partial charge in [-0.3, -0.25) is 4.79 Å². The zero-order chi connectivity index (χ0) is 15.2. The number of carbonyl (C=O) groups is 1. The number of halogens is 1. The average molecular weight is 328 g/mol. The normalized spacial score (nSPS) is 21.3. The molecule has 116 valence electrons. The highest BCUT2D eigenvalue weighted by molar-refractivity contribution is 7.99. The van der Waals surface area contributed by atoms with Gasteiger partial charge in [-0.2, -0.15) is 11.8 Å². The summed E-state index contributed by atoms with van der Waals surface area (Å²) in [6, 6.07) is 1.94. The van der Waals surface area contributed by atoms with E-state index in [2.05, 4.69) is 28.8 Å². The summed E-state index contributed by atoms with van der Waals surface area (Å²) in [5.74, 6) is 0.551. The van der Waals surface area contributed by atoms with Crippen LogP contribution in [0.3, 0.4) is 0 Å². The average Bonchev–Trinajstić information content (AvgIpc) is 2.93. The molecule has 1 heterocycles. The number of hydrogen-bond donors (Lipinski definition) is 2. The van der Waals surface area contributed by atoms with E-state index in [-0.39, 0.29) is 11.9 Å². The zero-order valence-electron chi connectivity index (χ0n) is 12.5. The van der Waals surface area contributed by atoms with E-state index < -0.39 is 0 Å². The minimum absolute atomic E-state index is 0.0857. The van der Waals surface area contributed by atoms with Crippen molar-refractivity contribution in [2.45, 2.75) is 43.9 Å². The highest BCUT2D eigenvalue weighted by Crippen LogP contribution is 2.28. The van der Waals surface area contributed by atoms with Crippen LogP contribution in [-0.2, 0) is 0 Å². The first-order chi connectivity index (χ1) is 10.2. The van der Waals surface area contributed by atoms with E-state index in [1.807, 2.05) is 11.8 Å². The minimum atomic E-state index is -0.0857. The lowest BCUT2D eigenvalue weighted by molar-refractivity contribution is 0.0938. The molecule has 2 atom stereocenters. The van der Waals surface area contributed by atoms with E-state index in [1.165, 1.54) is 12.8 Å². The van der Waals surface area contributed by atoms with Crippen molar-refractivity contribution in [3.05, 3.63) is 22.8 Å². The Balaban J connectivity index is 2.00. The SMILES string of the molecule is CCCNc1ncc(C(=O)NC2CCCC2SC)cc1Cl. The van der Waals surface area contributed by atoms with Gasteiger partial charge in [0.1, 0.15) is 5.82 Å². The molecule has 0 bridgehead atoms. The Kier molecular flexibility index (Phi) is 6.18. The highest BCUT2D eigenvalue weighted by Gasteiger charge is 2.28. The second kappa shape index (κ2) is 7.90. The summed E-state index contributed by atoms with van der Waals surface area (Å²) in [4.78, 5) is 16.5. The van der Waals surface area contributed by atoms with Crippen molar-refractivity contribution >= 4 is 35.1 Å². The van der Waals surface area contributed by atoms with Crippen LogP contribution in [0.15, 0.2) is 12.3 Å². The number of pyridine rings is 1. The Bertz CT molecular complexity index is 498. The number of nitrogens with one attached hydrogen (secondary N) is 2. The van der Waals surface area contributed by atoms with E-state index in [4.69, 9.17) is 11.6 Å². The summed E-state index contributed by atoms with van der Waals surface area (Å²) in [7, 11) is 0. The van der Waals surface area contributed by atoms with Crippen molar-refractivity contribution in [1.82, 2.24) is 10.3 Å². The van der Waals surface area contributed by atoms with Crippen LogP contribution in [0.25, 0.3) is 0 Å². The van der Waals surface area contributed by atoms with Crippen molar-refractivity contribution in [2.75, 3.05) is 18.1 Å². The van der Waals surface area contributed by atoms with Gasteiger partial charge in [0.15, 0.2) is 0 Å². The van der Waals surface area contributed by atoms with Crippen LogP contribution in [0.1, 0.15) is 43.0 Å².